The summed E-state index contributed by atoms with van der Waals surface area (Å²) in [6.07, 6.45) is 8.04. The number of hydrogen-bond acceptors (Lipinski definition) is 4. The Morgan fingerprint density at radius 2 is 2.12 bits per heavy atom. The second kappa shape index (κ2) is 7.59. The molecule has 0 aromatic carbocycles. The number of rotatable bonds is 5. The van der Waals surface area contributed by atoms with Crippen molar-refractivity contribution in [2.24, 2.45) is 5.73 Å². The van der Waals surface area contributed by atoms with E-state index in [0.717, 1.165) is 38.4 Å². The summed E-state index contributed by atoms with van der Waals surface area (Å²) in [5.41, 5.74) is 5.88. The maximum atomic E-state index is 12.0. The molecule has 2 N–H and O–H groups in total. The van der Waals surface area contributed by atoms with E-state index in [1.54, 1.807) is 11.8 Å². The molecule has 1 heterocycles. The van der Waals surface area contributed by atoms with Gasteiger partial charge in [0.1, 0.15) is 0 Å². The van der Waals surface area contributed by atoms with E-state index in [2.05, 4.69) is 10.8 Å². The molecule has 4 nitrogen and oxygen atoms in total. The Morgan fingerprint density at radius 3 is 2.65 bits per heavy atom. The van der Waals surface area contributed by atoms with E-state index in [0.29, 0.717) is 6.54 Å². The highest BCUT2D eigenvalue weighted by Gasteiger charge is 2.24. The maximum Gasteiger partial charge on any atom is 0.239 e. The first-order valence-electron chi connectivity index (χ1n) is 5.88. The molecule has 1 amide bonds. The van der Waals surface area contributed by atoms with Crippen molar-refractivity contribution in [3.8, 4) is 12.3 Å². The van der Waals surface area contributed by atoms with Gasteiger partial charge in [0.25, 0.3) is 0 Å². The summed E-state index contributed by atoms with van der Waals surface area (Å²) in [4.78, 5) is 16.0. The van der Waals surface area contributed by atoms with Crippen LogP contribution in [0.3, 0.4) is 0 Å². The lowest BCUT2D eigenvalue weighted by molar-refractivity contribution is -0.134. The molecular weight excluding hydrogens is 234 g/mol. The number of nitrogens with zero attached hydrogens (tertiary/aromatic N) is 2. The zero-order valence-electron chi connectivity index (χ0n) is 10.4. The molecule has 0 spiro atoms. The van der Waals surface area contributed by atoms with Crippen molar-refractivity contribution >= 4 is 17.7 Å². The summed E-state index contributed by atoms with van der Waals surface area (Å²) in [6, 6.07) is -0.346. The maximum absolute atomic E-state index is 12.0. The van der Waals surface area contributed by atoms with E-state index in [1.165, 1.54) is 0 Å². The summed E-state index contributed by atoms with van der Waals surface area (Å²) < 4.78 is 0. The molecule has 0 aliphatic carbocycles. The van der Waals surface area contributed by atoms with Gasteiger partial charge in [-0.3, -0.25) is 9.69 Å². The number of terminal acetylenes is 1. The topological polar surface area (TPSA) is 49.6 Å². The molecule has 1 atom stereocenters. The van der Waals surface area contributed by atoms with Crippen molar-refractivity contribution in [1.82, 2.24) is 9.80 Å². The quantitative estimate of drug-likeness (QED) is 0.694. The number of carbonyl (C=O) groups excluding carboxylic acids is 1. The first kappa shape index (κ1) is 14.4. The van der Waals surface area contributed by atoms with Gasteiger partial charge < -0.3 is 10.6 Å². The Labute approximate surface area is 108 Å². The Morgan fingerprint density at radius 1 is 1.47 bits per heavy atom. The second-order valence-electron chi connectivity index (χ2n) is 4.19. The minimum atomic E-state index is -0.346. The van der Waals surface area contributed by atoms with Crippen molar-refractivity contribution in [1.29, 1.82) is 0 Å². The van der Waals surface area contributed by atoms with Gasteiger partial charge in [0, 0.05) is 26.2 Å². The van der Waals surface area contributed by atoms with Crippen LogP contribution >= 0.6 is 11.8 Å². The van der Waals surface area contributed by atoms with Crippen LogP contribution in [0.4, 0.5) is 0 Å². The van der Waals surface area contributed by atoms with Gasteiger partial charge in [-0.1, -0.05) is 5.92 Å². The molecule has 0 radical (unpaired) electrons. The van der Waals surface area contributed by atoms with Crippen LogP contribution in [-0.4, -0.2) is 66.5 Å². The predicted molar refractivity (Wildman–Crippen MR) is 72.8 cm³/mol. The number of piperazine rings is 1. The zero-order chi connectivity index (χ0) is 12.7. The summed E-state index contributed by atoms with van der Waals surface area (Å²) in [5, 5.41) is 0. The largest absolute Gasteiger partial charge is 0.339 e. The van der Waals surface area contributed by atoms with Crippen LogP contribution in [0, 0.1) is 12.3 Å². The number of carbonyl (C=O) groups is 1. The Bertz CT molecular complexity index is 282. The van der Waals surface area contributed by atoms with Crippen molar-refractivity contribution in [2.75, 3.05) is 44.7 Å². The number of amides is 1. The Hall–Kier alpha value is -0.700. The highest BCUT2D eigenvalue weighted by atomic mass is 32.2. The molecule has 1 rings (SSSR count). The average molecular weight is 255 g/mol. The van der Waals surface area contributed by atoms with E-state index in [-0.39, 0.29) is 11.9 Å². The number of thioether (sulfide) groups is 1. The Balaban J connectivity index is 2.33. The molecule has 0 aromatic heterocycles. The fourth-order valence-corrected chi connectivity index (χ4v) is 2.35. The smallest absolute Gasteiger partial charge is 0.239 e. The minimum Gasteiger partial charge on any atom is -0.339 e. The molecule has 0 unspecified atom stereocenters. The molecule has 1 fully saturated rings. The van der Waals surface area contributed by atoms with Gasteiger partial charge in [-0.15, -0.1) is 6.42 Å². The fourth-order valence-electron chi connectivity index (χ4n) is 1.86. The van der Waals surface area contributed by atoms with Gasteiger partial charge in [-0.25, -0.2) is 0 Å². The lowest BCUT2D eigenvalue weighted by Gasteiger charge is -2.35. The predicted octanol–water partition coefficient (Wildman–Crippen LogP) is -0.156. The molecule has 1 aliphatic heterocycles. The van der Waals surface area contributed by atoms with Crippen LogP contribution in [-0.2, 0) is 4.79 Å². The Kier molecular flexibility index (Phi) is 6.41. The molecular formula is C12H21N3OS. The van der Waals surface area contributed by atoms with Gasteiger partial charge in [0.2, 0.25) is 5.91 Å². The molecule has 1 saturated heterocycles. The molecule has 0 saturated carbocycles. The summed E-state index contributed by atoms with van der Waals surface area (Å²) in [6.45, 7) is 3.86. The second-order valence-corrected chi connectivity index (χ2v) is 5.18. The normalized spacial score (nSPS) is 18.8. The third-order valence-electron chi connectivity index (χ3n) is 2.95. The van der Waals surface area contributed by atoms with Crippen LogP contribution < -0.4 is 5.73 Å². The van der Waals surface area contributed by atoms with E-state index >= 15 is 0 Å². The van der Waals surface area contributed by atoms with Crippen molar-refractivity contribution in [2.45, 2.75) is 12.5 Å². The van der Waals surface area contributed by atoms with Crippen LogP contribution in [0.15, 0.2) is 0 Å². The van der Waals surface area contributed by atoms with E-state index < -0.39 is 0 Å². The van der Waals surface area contributed by atoms with E-state index in [4.69, 9.17) is 12.2 Å². The molecule has 17 heavy (non-hydrogen) atoms. The minimum absolute atomic E-state index is 0.0828. The van der Waals surface area contributed by atoms with Crippen LogP contribution in [0.2, 0.25) is 0 Å². The highest BCUT2D eigenvalue weighted by molar-refractivity contribution is 7.98. The van der Waals surface area contributed by atoms with Crippen molar-refractivity contribution in [3.05, 3.63) is 0 Å². The summed E-state index contributed by atoms with van der Waals surface area (Å²) in [5.74, 6) is 3.64. The summed E-state index contributed by atoms with van der Waals surface area (Å²) in [7, 11) is 0. The SMILES string of the molecule is C#CCN1CCN(C(=O)[C@@H](N)CCSC)CC1. The van der Waals surface area contributed by atoms with Gasteiger partial charge >= 0.3 is 0 Å². The first-order chi connectivity index (χ1) is 8.19. The number of nitrogens with two attached hydrogens (primary N) is 1. The fraction of sp³-hybridized carbons (Fsp3) is 0.750. The summed E-state index contributed by atoms with van der Waals surface area (Å²) >= 11 is 1.72. The van der Waals surface area contributed by atoms with Crippen LogP contribution in [0.1, 0.15) is 6.42 Å². The van der Waals surface area contributed by atoms with Gasteiger partial charge in [-0.05, 0) is 18.4 Å². The average Bonchev–Trinajstić information content (AvgIpc) is 2.36. The zero-order valence-corrected chi connectivity index (χ0v) is 11.2. The first-order valence-corrected chi connectivity index (χ1v) is 7.27. The standard InChI is InChI=1S/C12H21N3OS/c1-3-5-14-6-8-15(9-7-14)12(16)11(13)4-10-17-2/h1,11H,4-10,13H2,2H3/t11-/m0/s1. The lowest BCUT2D eigenvalue weighted by Crippen LogP contribution is -2.53. The van der Waals surface area contributed by atoms with E-state index in [1.807, 2.05) is 11.2 Å². The lowest BCUT2D eigenvalue weighted by atomic mass is 10.2. The van der Waals surface area contributed by atoms with Crippen molar-refractivity contribution in [3.63, 3.8) is 0 Å². The van der Waals surface area contributed by atoms with Crippen molar-refractivity contribution < 1.29 is 4.79 Å². The molecule has 0 bridgehead atoms. The third-order valence-corrected chi connectivity index (χ3v) is 3.59. The van der Waals surface area contributed by atoms with E-state index in [9.17, 15) is 4.79 Å². The number of hydrogen-bond donors (Lipinski definition) is 1. The monoisotopic (exact) mass is 255 g/mol. The van der Waals surface area contributed by atoms with Gasteiger partial charge in [0.15, 0.2) is 0 Å². The highest BCUT2D eigenvalue weighted by Crippen LogP contribution is 2.06. The van der Waals surface area contributed by atoms with Crippen LogP contribution in [0.5, 0.6) is 0 Å². The molecule has 96 valence electrons. The molecule has 0 aromatic rings. The molecule has 5 heteroatoms. The van der Waals surface area contributed by atoms with Gasteiger partial charge in [0.05, 0.1) is 12.6 Å². The van der Waals surface area contributed by atoms with Crippen LogP contribution in [0.25, 0.3) is 0 Å². The van der Waals surface area contributed by atoms with Gasteiger partial charge in [-0.2, -0.15) is 11.8 Å². The third kappa shape index (κ3) is 4.58. The molecule has 1 aliphatic rings.